The highest BCUT2D eigenvalue weighted by atomic mass is 16.5. The predicted molar refractivity (Wildman–Crippen MR) is 79.0 cm³/mol. The smallest absolute Gasteiger partial charge is 0.241 e. The van der Waals surface area contributed by atoms with Crippen LogP contribution in [0.15, 0.2) is 24.3 Å². The van der Waals surface area contributed by atoms with Crippen LogP contribution in [0.3, 0.4) is 0 Å². The molecule has 0 aromatic heterocycles. The van der Waals surface area contributed by atoms with Crippen LogP contribution < -0.4 is 10.1 Å². The number of carbonyl (C=O) groups excluding carboxylic acids is 1. The number of nitrogens with one attached hydrogen (secondary N) is 1. The maximum Gasteiger partial charge on any atom is 0.241 e. The van der Waals surface area contributed by atoms with Gasteiger partial charge in [-0.05, 0) is 31.0 Å². The van der Waals surface area contributed by atoms with Crippen LogP contribution in [0.1, 0.15) is 25.1 Å². The van der Waals surface area contributed by atoms with Crippen LogP contribution in [0.5, 0.6) is 5.75 Å². The van der Waals surface area contributed by atoms with Gasteiger partial charge in [0.25, 0.3) is 0 Å². The minimum atomic E-state index is -0.150. The number of nitrogens with zero attached hydrogens (tertiary/aromatic N) is 1. The van der Waals surface area contributed by atoms with Crippen molar-refractivity contribution in [3.05, 3.63) is 29.8 Å². The number of amides is 1. The van der Waals surface area contributed by atoms with Crippen molar-refractivity contribution in [2.24, 2.45) is 5.92 Å². The van der Waals surface area contributed by atoms with Gasteiger partial charge < -0.3 is 14.4 Å². The topological polar surface area (TPSA) is 50.8 Å². The lowest BCUT2D eigenvalue weighted by Crippen LogP contribution is -2.35. The second-order valence-corrected chi connectivity index (χ2v) is 5.79. The molecule has 2 heterocycles. The van der Waals surface area contributed by atoms with Gasteiger partial charge in [-0.25, -0.2) is 0 Å². The van der Waals surface area contributed by atoms with E-state index in [-0.39, 0.29) is 18.1 Å². The fraction of sp³-hybridized carbons (Fsp3) is 0.562. The molecule has 0 saturated carbocycles. The molecular formula is C16H22N2O3. The van der Waals surface area contributed by atoms with E-state index in [0.29, 0.717) is 5.92 Å². The van der Waals surface area contributed by atoms with Gasteiger partial charge in [-0.3, -0.25) is 10.1 Å². The summed E-state index contributed by atoms with van der Waals surface area (Å²) in [5.74, 6) is 1.41. The van der Waals surface area contributed by atoms with Crippen molar-refractivity contribution in [3.63, 3.8) is 0 Å². The van der Waals surface area contributed by atoms with Crippen LogP contribution in [0.4, 0.5) is 0 Å². The molecular weight excluding hydrogens is 268 g/mol. The Morgan fingerprint density at radius 1 is 1.48 bits per heavy atom. The van der Waals surface area contributed by atoms with Gasteiger partial charge in [0.2, 0.25) is 5.91 Å². The lowest BCUT2D eigenvalue weighted by molar-refractivity contribution is -0.130. The first kappa shape index (κ1) is 14.4. The molecule has 0 radical (unpaired) electrons. The second-order valence-electron chi connectivity index (χ2n) is 5.79. The molecule has 5 nitrogen and oxygen atoms in total. The van der Waals surface area contributed by atoms with Crippen molar-refractivity contribution in [1.29, 1.82) is 0 Å². The molecule has 21 heavy (non-hydrogen) atoms. The Hall–Kier alpha value is -1.59. The molecule has 2 saturated heterocycles. The largest absolute Gasteiger partial charge is 0.497 e. The average molecular weight is 290 g/mol. The predicted octanol–water partition coefficient (Wildman–Crippen LogP) is 1.55. The van der Waals surface area contributed by atoms with Crippen molar-refractivity contribution in [2.75, 3.05) is 26.9 Å². The molecule has 114 valence electrons. The summed E-state index contributed by atoms with van der Waals surface area (Å²) in [4.78, 5) is 14.4. The lowest BCUT2D eigenvalue weighted by atomic mass is 10.1. The fourth-order valence-corrected chi connectivity index (χ4v) is 3.06. The standard InChI is InChI=1S/C16H22N2O3/c1-11-16(19)18(9-12-6-7-21-10-12)15(17-11)13-4-3-5-14(8-13)20-2/h3-5,8,11-12,15,17H,6-7,9-10H2,1-2H3. The van der Waals surface area contributed by atoms with Gasteiger partial charge in [-0.15, -0.1) is 0 Å². The number of methoxy groups -OCH3 is 1. The zero-order valence-corrected chi connectivity index (χ0v) is 12.5. The number of benzene rings is 1. The van der Waals surface area contributed by atoms with Gasteiger partial charge in [0.1, 0.15) is 11.9 Å². The summed E-state index contributed by atoms with van der Waals surface area (Å²) < 4.78 is 10.7. The van der Waals surface area contributed by atoms with Crippen molar-refractivity contribution in [3.8, 4) is 5.75 Å². The lowest BCUT2D eigenvalue weighted by Gasteiger charge is -2.27. The number of hydrogen-bond acceptors (Lipinski definition) is 4. The monoisotopic (exact) mass is 290 g/mol. The van der Waals surface area contributed by atoms with Gasteiger partial charge in [0.15, 0.2) is 0 Å². The van der Waals surface area contributed by atoms with Crippen LogP contribution in [-0.4, -0.2) is 43.7 Å². The summed E-state index contributed by atoms with van der Waals surface area (Å²) >= 11 is 0. The Morgan fingerprint density at radius 2 is 2.33 bits per heavy atom. The number of hydrogen-bond donors (Lipinski definition) is 1. The van der Waals surface area contributed by atoms with E-state index in [1.54, 1.807) is 7.11 Å². The first-order valence-electron chi connectivity index (χ1n) is 7.47. The maximum atomic E-state index is 12.4. The highest BCUT2D eigenvalue weighted by Gasteiger charge is 2.38. The fourth-order valence-electron chi connectivity index (χ4n) is 3.06. The first-order chi connectivity index (χ1) is 10.2. The van der Waals surface area contributed by atoms with Gasteiger partial charge in [0.05, 0.1) is 19.8 Å². The Kier molecular flexibility index (Phi) is 4.12. The minimum Gasteiger partial charge on any atom is -0.497 e. The Balaban J connectivity index is 1.81. The van der Waals surface area contributed by atoms with Crippen LogP contribution in [-0.2, 0) is 9.53 Å². The van der Waals surface area contributed by atoms with Crippen LogP contribution in [0.2, 0.25) is 0 Å². The zero-order valence-electron chi connectivity index (χ0n) is 12.5. The molecule has 1 aromatic rings. The van der Waals surface area contributed by atoms with E-state index in [9.17, 15) is 4.79 Å². The van der Waals surface area contributed by atoms with Crippen molar-refractivity contribution >= 4 is 5.91 Å². The molecule has 0 spiro atoms. The van der Waals surface area contributed by atoms with E-state index in [0.717, 1.165) is 37.5 Å². The molecule has 0 aliphatic carbocycles. The van der Waals surface area contributed by atoms with E-state index in [1.807, 2.05) is 36.1 Å². The second kappa shape index (κ2) is 6.03. The van der Waals surface area contributed by atoms with Gasteiger partial charge in [-0.1, -0.05) is 12.1 Å². The Morgan fingerprint density at radius 3 is 3.05 bits per heavy atom. The SMILES string of the molecule is COc1cccc(C2NC(C)C(=O)N2CC2CCOC2)c1. The molecule has 2 aliphatic rings. The van der Waals surface area contributed by atoms with Crippen LogP contribution >= 0.6 is 0 Å². The molecule has 1 amide bonds. The molecule has 2 aliphatic heterocycles. The maximum absolute atomic E-state index is 12.4. The highest BCUT2D eigenvalue weighted by molar-refractivity contribution is 5.84. The van der Waals surface area contributed by atoms with Crippen LogP contribution in [0, 0.1) is 5.92 Å². The van der Waals surface area contributed by atoms with Gasteiger partial charge >= 0.3 is 0 Å². The summed E-state index contributed by atoms with van der Waals surface area (Å²) in [6.45, 7) is 4.22. The van der Waals surface area contributed by atoms with Crippen molar-refractivity contribution in [1.82, 2.24) is 10.2 Å². The quantitative estimate of drug-likeness (QED) is 0.914. The molecule has 3 rings (SSSR count). The zero-order chi connectivity index (χ0) is 14.8. The molecule has 3 atom stereocenters. The molecule has 0 bridgehead atoms. The van der Waals surface area contributed by atoms with Gasteiger partial charge in [0, 0.05) is 19.1 Å². The summed E-state index contributed by atoms with van der Waals surface area (Å²) in [6.07, 6.45) is 0.950. The number of rotatable bonds is 4. The third-order valence-corrected chi connectivity index (χ3v) is 4.26. The third kappa shape index (κ3) is 2.89. The molecule has 5 heteroatoms. The Bertz CT molecular complexity index is 514. The molecule has 2 fully saturated rings. The average Bonchev–Trinajstić information content (AvgIpc) is 3.11. The van der Waals surface area contributed by atoms with E-state index in [4.69, 9.17) is 9.47 Å². The summed E-state index contributed by atoms with van der Waals surface area (Å²) in [6, 6.07) is 7.74. The third-order valence-electron chi connectivity index (χ3n) is 4.26. The highest BCUT2D eigenvalue weighted by Crippen LogP contribution is 2.29. The number of carbonyl (C=O) groups is 1. The van der Waals surface area contributed by atoms with Crippen LogP contribution in [0.25, 0.3) is 0 Å². The molecule has 1 aromatic carbocycles. The van der Waals surface area contributed by atoms with E-state index >= 15 is 0 Å². The molecule has 3 unspecified atom stereocenters. The van der Waals surface area contributed by atoms with Crippen molar-refractivity contribution < 1.29 is 14.3 Å². The normalized spacial score (nSPS) is 29.1. The molecule has 1 N–H and O–H groups in total. The van der Waals surface area contributed by atoms with Crippen molar-refractivity contribution in [2.45, 2.75) is 25.6 Å². The van der Waals surface area contributed by atoms with Gasteiger partial charge in [-0.2, -0.15) is 0 Å². The van der Waals surface area contributed by atoms with E-state index in [2.05, 4.69) is 5.32 Å². The summed E-state index contributed by atoms with van der Waals surface area (Å²) in [5.41, 5.74) is 1.06. The van der Waals surface area contributed by atoms with E-state index < -0.39 is 0 Å². The Labute approximate surface area is 125 Å². The minimum absolute atomic E-state index is 0.0804. The van der Waals surface area contributed by atoms with E-state index in [1.165, 1.54) is 0 Å². The number of ether oxygens (including phenoxy) is 2. The summed E-state index contributed by atoms with van der Waals surface area (Å²) in [7, 11) is 1.66. The summed E-state index contributed by atoms with van der Waals surface area (Å²) in [5, 5.41) is 3.38. The first-order valence-corrected chi connectivity index (χ1v) is 7.47.